The van der Waals surface area contributed by atoms with Gasteiger partial charge in [0.2, 0.25) is 5.91 Å². The van der Waals surface area contributed by atoms with Gasteiger partial charge in [0.15, 0.2) is 0 Å². The molecule has 1 saturated carbocycles. The van der Waals surface area contributed by atoms with E-state index in [-0.39, 0.29) is 23.1 Å². The Morgan fingerprint density at radius 1 is 1.16 bits per heavy atom. The average Bonchev–Trinajstić information content (AvgIpc) is 3.02. The minimum absolute atomic E-state index is 0.0234. The van der Waals surface area contributed by atoms with Crippen molar-refractivity contribution in [2.45, 2.75) is 30.6 Å². The minimum Gasteiger partial charge on any atom is -0.480 e. The van der Waals surface area contributed by atoms with E-state index in [4.69, 9.17) is 9.84 Å². The second-order valence-electron chi connectivity index (χ2n) is 5.83. The smallest absolute Gasteiger partial charge is 0.316 e. The van der Waals surface area contributed by atoms with Crippen molar-refractivity contribution in [3.05, 3.63) is 0 Å². The van der Waals surface area contributed by atoms with Crippen molar-refractivity contribution in [3.63, 3.8) is 0 Å². The van der Waals surface area contributed by atoms with Crippen LogP contribution in [0, 0.1) is 17.8 Å². The van der Waals surface area contributed by atoms with E-state index in [1.54, 1.807) is 0 Å². The van der Waals surface area contributed by atoms with Crippen LogP contribution in [0.2, 0.25) is 0 Å². The number of aliphatic carboxylic acids is 1. The van der Waals surface area contributed by atoms with Gasteiger partial charge >= 0.3 is 5.97 Å². The van der Waals surface area contributed by atoms with Gasteiger partial charge in [0.1, 0.15) is 5.25 Å². The molecule has 0 radical (unpaired) electrons. The summed E-state index contributed by atoms with van der Waals surface area (Å²) in [5.41, 5.74) is 0. The normalized spacial score (nSPS) is 38.3. The summed E-state index contributed by atoms with van der Waals surface area (Å²) in [6.07, 6.45) is 2.41. The maximum atomic E-state index is 12.2. The molecule has 1 amide bonds. The number of carboxylic acids is 1. The molecule has 0 spiro atoms. The van der Waals surface area contributed by atoms with Gasteiger partial charge in [-0.05, 0) is 31.1 Å². The third-order valence-corrected chi connectivity index (χ3v) is 5.89. The molecule has 106 valence electrons. The maximum absolute atomic E-state index is 12.2. The SMILES string of the molecule is O=C(N[C@@H]1CS[C@H](C(=O)O)C1)C1C[C@@H]2COC[C@H]2C1. The Bertz CT molecular complexity index is 377. The third kappa shape index (κ3) is 2.74. The Morgan fingerprint density at radius 2 is 1.84 bits per heavy atom. The fraction of sp³-hybridized carbons (Fsp3) is 0.846. The summed E-state index contributed by atoms with van der Waals surface area (Å²) in [6.45, 7) is 1.60. The average molecular weight is 285 g/mol. The van der Waals surface area contributed by atoms with E-state index in [1.165, 1.54) is 11.8 Å². The number of fused-ring (bicyclic) bond motifs is 1. The van der Waals surface area contributed by atoms with Crippen molar-refractivity contribution in [3.8, 4) is 0 Å². The van der Waals surface area contributed by atoms with Crippen LogP contribution in [0.4, 0.5) is 0 Å². The van der Waals surface area contributed by atoms with E-state index in [9.17, 15) is 9.59 Å². The largest absolute Gasteiger partial charge is 0.480 e. The number of rotatable bonds is 3. The van der Waals surface area contributed by atoms with Gasteiger partial charge < -0.3 is 15.2 Å². The van der Waals surface area contributed by atoms with Crippen LogP contribution < -0.4 is 5.32 Å². The summed E-state index contributed by atoms with van der Waals surface area (Å²) in [5, 5.41) is 11.6. The molecule has 5 nitrogen and oxygen atoms in total. The van der Waals surface area contributed by atoms with Gasteiger partial charge in [-0.3, -0.25) is 9.59 Å². The molecule has 3 fully saturated rings. The van der Waals surface area contributed by atoms with Crippen molar-refractivity contribution < 1.29 is 19.4 Å². The van der Waals surface area contributed by atoms with Gasteiger partial charge in [-0.2, -0.15) is 0 Å². The first-order valence-electron chi connectivity index (χ1n) is 6.86. The number of ether oxygens (including phenoxy) is 1. The maximum Gasteiger partial charge on any atom is 0.316 e. The lowest BCUT2D eigenvalue weighted by Gasteiger charge is -2.16. The first-order valence-corrected chi connectivity index (χ1v) is 7.91. The van der Waals surface area contributed by atoms with E-state index in [0.29, 0.717) is 24.0 Å². The molecule has 0 aromatic rings. The molecule has 0 aromatic carbocycles. The highest BCUT2D eigenvalue weighted by atomic mass is 32.2. The lowest BCUT2D eigenvalue weighted by Crippen LogP contribution is -2.39. The molecule has 19 heavy (non-hydrogen) atoms. The monoisotopic (exact) mass is 285 g/mol. The van der Waals surface area contributed by atoms with E-state index in [0.717, 1.165) is 26.1 Å². The van der Waals surface area contributed by atoms with Gasteiger partial charge in [0.05, 0.1) is 0 Å². The lowest BCUT2D eigenvalue weighted by molar-refractivity contribution is -0.136. The molecule has 2 aliphatic heterocycles. The summed E-state index contributed by atoms with van der Waals surface area (Å²) in [5.74, 6) is 1.28. The van der Waals surface area contributed by atoms with Crippen LogP contribution in [0.1, 0.15) is 19.3 Å². The number of carbonyl (C=O) groups excluding carboxylic acids is 1. The fourth-order valence-corrected chi connectivity index (χ4v) is 4.62. The molecular formula is C13H19NO4S. The molecule has 1 aliphatic carbocycles. The second kappa shape index (κ2) is 5.32. The quantitative estimate of drug-likeness (QED) is 0.799. The number of hydrogen-bond acceptors (Lipinski definition) is 4. The predicted molar refractivity (Wildman–Crippen MR) is 71.0 cm³/mol. The number of hydrogen-bond donors (Lipinski definition) is 2. The number of amides is 1. The zero-order valence-corrected chi connectivity index (χ0v) is 11.5. The fourth-order valence-electron chi connectivity index (χ4n) is 3.42. The summed E-state index contributed by atoms with van der Waals surface area (Å²) < 4.78 is 5.41. The summed E-state index contributed by atoms with van der Waals surface area (Å²) in [7, 11) is 0. The molecule has 2 saturated heterocycles. The van der Waals surface area contributed by atoms with Crippen LogP contribution in [0.15, 0.2) is 0 Å². The molecule has 0 unspecified atom stereocenters. The zero-order valence-electron chi connectivity index (χ0n) is 10.7. The van der Waals surface area contributed by atoms with Crippen molar-refractivity contribution in [1.82, 2.24) is 5.32 Å². The van der Waals surface area contributed by atoms with Crippen LogP contribution in [-0.4, -0.2) is 47.2 Å². The highest BCUT2D eigenvalue weighted by molar-refractivity contribution is 8.00. The van der Waals surface area contributed by atoms with E-state index < -0.39 is 5.97 Å². The molecule has 2 N–H and O–H groups in total. The predicted octanol–water partition coefficient (Wildman–Crippen LogP) is 0.734. The molecular weight excluding hydrogens is 266 g/mol. The summed E-state index contributed by atoms with van der Waals surface area (Å²) in [6, 6.07) is 0.0234. The van der Waals surface area contributed by atoms with Gasteiger partial charge in [-0.1, -0.05) is 0 Å². The highest BCUT2D eigenvalue weighted by Crippen LogP contribution is 2.40. The van der Waals surface area contributed by atoms with Crippen LogP contribution in [0.25, 0.3) is 0 Å². The molecule has 0 bridgehead atoms. The number of carboxylic acid groups (broad SMARTS) is 1. The van der Waals surface area contributed by atoms with Crippen molar-refractivity contribution in [1.29, 1.82) is 0 Å². The van der Waals surface area contributed by atoms with Gasteiger partial charge in [-0.25, -0.2) is 0 Å². The Morgan fingerprint density at radius 3 is 2.42 bits per heavy atom. The topological polar surface area (TPSA) is 75.6 Å². The van der Waals surface area contributed by atoms with Gasteiger partial charge in [0.25, 0.3) is 0 Å². The minimum atomic E-state index is -0.769. The summed E-state index contributed by atoms with van der Waals surface area (Å²) in [4.78, 5) is 23.1. The first-order chi connectivity index (χ1) is 9.13. The first kappa shape index (κ1) is 13.2. The van der Waals surface area contributed by atoms with Crippen molar-refractivity contribution >= 4 is 23.6 Å². The Labute approximate surface area is 116 Å². The zero-order chi connectivity index (χ0) is 13.4. The number of nitrogens with one attached hydrogen (secondary N) is 1. The Kier molecular flexibility index (Phi) is 3.71. The van der Waals surface area contributed by atoms with Gasteiger partial charge in [-0.15, -0.1) is 11.8 Å². The lowest BCUT2D eigenvalue weighted by atomic mass is 10.0. The molecule has 3 rings (SSSR count). The molecule has 3 aliphatic rings. The standard InChI is InChI=1S/C13H19NO4S/c15-12(7-1-8-4-18-5-9(8)2-7)14-10-3-11(13(16)17)19-6-10/h7-11H,1-6H2,(H,14,15)(H,16,17)/t8-,9-,10+,11+/m1/s1. The molecule has 0 aromatic heterocycles. The van der Waals surface area contributed by atoms with E-state index >= 15 is 0 Å². The number of thioether (sulfide) groups is 1. The number of carbonyl (C=O) groups is 2. The van der Waals surface area contributed by atoms with Crippen LogP contribution in [-0.2, 0) is 14.3 Å². The van der Waals surface area contributed by atoms with Crippen LogP contribution in [0.3, 0.4) is 0 Å². The molecule has 6 heteroatoms. The third-order valence-electron chi connectivity index (χ3n) is 4.49. The van der Waals surface area contributed by atoms with E-state index in [2.05, 4.69) is 5.32 Å². The Balaban J connectivity index is 1.48. The van der Waals surface area contributed by atoms with Crippen LogP contribution >= 0.6 is 11.8 Å². The van der Waals surface area contributed by atoms with Crippen molar-refractivity contribution in [2.75, 3.05) is 19.0 Å². The molecule has 4 atom stereocenters. The second-order valence-corrected chi connectivity index (χ2v) is 7.06. The van der Waals surface area contributed by atoms with Crippen molar-refractivity contribution in [2.24, 2.45) is 17.8 Å². The van der Waals surface area contributed by atoms with E-state index in [1.807, 2.05) is 0 Å². The highest BCUT2D eigenvalue weighted by Gasteiger charge is 2.42. The molecule has 2 heterocycles. The summed E-state index contributed by atoms with van der Waals surface area (Å²) >= 11 is 1.43. The van der Waals surface area contributed by atoms with Gasteiger partial charge in [0, 0.05) is 30.9 Å². The van der Waals surface area contributed by atoms with Crippen LogP contribution in [0.5, 0.6) is 0 Å². The Hall–Kier alpha value is -0.750.